The third-order valence-corrected chi connectivity index (χ3v) is 13.0. The fraction of sp³-hybridized carbons (Fsp3) is 1.00. The molecule has 0 spiro atoms. The van der Waals surface area contributed by atoms with Crippen LogP contribution in [-0.4, -0.2) is 0 Å². The van der Waals surface area contributed by atoms with Gasteiger partial charge in [-0.2, -0.15) is 0 Å². The first-order chi connectivity index (χ1) is 37.2. The SMILES string of the molecule is CC.CC.CC(C)(C)C.CC(C)C.CC1(C)CC1.CC1CC1.CC1CCC1.CC1C[C@H]1C.CCC.CCC(C)C.CCC(C)C.CCC1CC1.CCCC.CCCCC.CCCCC(C)C.CCCCCC.CCCC[C@H](C)CC. The molecule has 504 valence electrons. The zero-order valence-electron chi connectivity index (χ0n) is 66.0. The van der Waals surface area contributed by atoms with E-state index >= 15 is 0 Å². The van der Waals surface area contributed by atoms with Gasteiger partial charge in [-0.05, 0) is 89.3 Å². The second-order valence-corrected chi connectivity index (χ2v) is 28.7. The normalized spacial score (nSPS) is 16.0. The molecule has 0 saturated heterocycles. The zero-order chi connectivity index (χ0) is 66.0. The fourth-order valence-electron chi connectivity index (χ4n) is 4.29. The highest BCUT2D eigenvalue weighted by molar-refractivity contribution is 4.82. The second kappa shape index (κ2) is 92.7. The highest BCUT2D eigenvalue weighted by Gasteiger charge is 2.30. The molecule has 80 heavy (non-hydrogen) atoms. The van der Waals surface area contributed by atoms with Crippen molar-refractivity contribution in [2.45, 2.75) is 456 Å². The van der Waals surface area contributed by atoms with Crippen molar-refractivity contribution >= 4 is 0 Å². The van der Waals surface area contributed by atoms with E-state index in [-0.39, 0.29) is 0 Å². The topological polar surface area (TPSA) is 0 Å². The van der Waals surface area contributed by atoms with Crippen LogP contribution in [0.4, 0.5) is 0 Å². The van der Waals surface area contributed by atoms with Crippen LogP contribution >= 0.6 is 0 Å². The van der Waals surface area contributed by atoms with Crippen molar-refractivity contribution in [3.63, 3.8) is 0 Å². The largest absolute Gasteiger partial charge is 0.0683 e. The molecule has 0 aromatic carbocycles. The Bertz CT molecular complexity index is 799. The summed E-state index contributed by atoms with van der Waals surface area (Å²) in [5.41, 5.74) is 1.25. The Hall–Kier alpha value is 0. The van der Waals surface area contributed by atoms with Crippen molar-refractivity contribution in [2.24, 2.45) is 70.0 Å². The quantitative estimate of drug-likeness (QED) is 0.135. The Balaban J connectivity index is -0.0000000619. The predicted octanol–water partition coefficient (Wildman–Crippen LogP) is 32.4. The molecule has 1 unspecified atom stereocenters. The first-order valence-corrected chi connectivity index (χ1v) is 37.2. The minimum absolute atomic E-state index is 0.500. The van der Waals surface area contributed by atoms with Gasteiger partial charge >= 0.3 is 0 Å². The maximum Gasteiger partial charge on any atom is -0.0354 e. The van der Waals surface area contributed by atoms with Gasteiger partial charge in [-0.15, -0.1) is 0 Å². The van der Waals surface area contributed by atoms with E-state index in [1.807, 2.05) is 27.7 Å². The molecular weight excluding hydrogens is 961 g/mol. The Morgan fingerprint density at radius 3 is 0.688 bits per heavy atom. The summed E-state index contributed by atoms with van der Waals surface area (Å²) >= 11 is 0. The van der Waals surface area contributed by atoms with Crippen LogP contribution in [0.1, 0.15) is 456 Å². The summed E-state index contributed by atoms with van der Waals surface area (Å²) in [6.07, 6.45) is 42.0. The van der Waals surface area contributed by atoms with E-state index in [1.165, 1.54) is 193 Å². The van der Waals surface area contributed by atoms with Crippen LogP contribution in [0.25, 0.3) is 0 Å². The van der Waals surface area contributed by atoms with E-state index in [2.05, 4.69) is 235 Å². The molecule has 0 aliphatic heterocycles. The molecule has 0 radical (unpaired) electrons. The maximum atomic E-state index is 2.33. The molecule has 0 N–H and O–H groups in total. The van der Waals surface area contributed by atoms with Crippen LogP contribution in [0.5, 0.6) is 0 Å². The van der Waals surface area contributed by atoms with E-state index in [0.29, 0.717) is 5.41 Å². The highest BCUT2D eigenvalue weighted by atomic mass is 14.4. The van der Waals surface area contributed by atoms with Gasteiger partial charge < -0.3 is 0 Å². The van der Waals surface area contributed by atoms with Crippen LogP contribution < -0.4 is 0 Å². The van der Waals surface area contributed by atoms with Gasteiger partial charge in [-0.3, -0.25) is 0 Å². The lowest BCUT2D eigenvalue weighted by Gasteiger charge is -2.18. The lowest BCUT2D eigenvalue weighted by Crippen LogP contribution is -2.04. The van der Waals surface area contributed by atoms with Gasteiger partial charge in [0.2, 0.25) is 0 Å². The summed E-state index contributed by atoms with van der Waals surface area (Å²) in [5, 5.41) is 0. The Labute approximate surface area is 523 Å². The van der Waals surface area contributed by atoms with Gasteiger partial charge in [0.1, 0.15) is 0 Å². The van der Waals surface area contributed by atoms with Crippen molar-refractivity contribution in [1.29, 1.82) is 0 Å². The van der Waals surface area contributed by atoms with Crippen LogP contribution in [0.2, 0.25) is 0 Å². The van der Waals surface area contributed by atoms with E-state index in [9.17, 15) is 0 Å². The molecule has 5 aliphatic carbocycles. The van der Waals surface area contributed by atoms with Crippen LogP contribution in [-0.2, 0) is 0 Å². The molecule has 0 heterocycles. The highest BCUT2D eigenvalue weighted by Crippen LogP contribution is 2.43. The van der Waals surface area contributed by atoms with Crippen molar-refractivity contribution in [1.82, 2.24) is 0 Å². The second-order valence-electron chi connectivity index (χ2n) is 28.7. The predicted molar refractivity (Wildman–Crippen MR) is 394 cm³/mol. The van der Waals surface area contributed by atoms with Crippen molar-refractivity contribution in [3.8, 4) is 0 Å². The fourth-order valence-corrected chi connectivity index (χ4v) is 4.29. The smallest absolute Gasteiger partial charge is 0.0354 e. The maximum absolute atomic E-state index is 2.33. The molecule has 0 aromatic rings. The number of hydrogen-bond donors (Lipinski definition) is 0. The summed E-state index contributed by atoms with van der Waals surface area (Å²) in [5.74, 6) is 9.84. The lowest BCUT2D eigenvalue weighted by atomic mass is 9.88. The van der Waals surface area contributed by atoms with E-state index in [4.69, 9.17) is 0 Å². The first kappa shape index (κ1) is 108. The molecule has 0 aromatic heterocycles. The average molecular weight is 1150 g/mol. The van der Waals surface area contributed by atoms with Crippen LogP contribution in [0.3, 0.4) is 0 Å². The third-order valence-electron chi connectivity index (χ3n) is 13.0. The Kier molecular flexibility index (Phi) is 125. The summed E-state index contributed by atoms with van der Waals surface area (Å²) in [7, 11) is 0. The molecule has 3 atom stereocenters. The van der Waals surface area contributed by atoms with Crippen LogP contribution in [0, 0.1) is 70.0 Å². The molecule has 0 amide bonds. The van der Waals surface area contributed by atoms with Gasteiger partial charge in [-0.25, -0.2) is 0 Å². The number of rotatable bonds is 16. The number of hydrogen-bond acceptors (Lipinski definition) is 0. The van der Waals surface area contributed by atoms with Gasteiger partial charge in [0.25, 0.3) is 0 Å². The summed E-state index contributed by atoms with van der Waals surface area (Å²) in [6, 6.07) is 0. The minimum Gasteiger partial charge on any atom is -0.0683 e. The van der Waals surface area contributed by atoms with Gasteiger partial charge in [0.15, 0.2) is 0 Å². The lowest BCUT2D eigenvalue weighted by molar-refractivity contribution is 0.346. The van der Waals surface area contributed by atoms with E-state index in [0.717, 1.165) is 64.6 Å². The molecular formula is C80H184. The monoisotopic (exact) mass is 1150 g/mol. The Morgan fingerprint density at radius 1 is 0.388 bits per heavy atom. The molecule has 0 nitrogen and oxygen atoms in total. The van der Waals surface area contributed by atoms with Gasteiger partial charge in [0.05, 0.1) is 0 Å². The first-order valence-electron chi connectivity index (χ1n) is 37.2. The molecule has 5 aliphatic rings. The van der Waals surface area contributed by atoms with Crippen molar-refractivity contribution in [2.75, 3.05) is 0 Å². The third kappa shape index (κ3) is 228. The van der Waals surface area contributed by atoms with Crippen molar-refractivity contribution in [3.05, 3.63) is 0 Å². The van der Waals surface area contributed by atoms with Crippen LogP contribution in [0.15, 0.2) is 0 Å². The summed E-state index contributed by atoms with van der Waals surface area (Å²) in [6.45, 7) is 83.7. The minimum atomic E-state index is 0.500. The standard InChI is InChI=1S/C8H18.C7H16.C6H14.4C5H10.4C5H12.C4H8.2C4H10.C3H8.2C2H6/c1-4-6-7-8(3)5-2;1-4-5-6-7(2)3;1-3-5-6-4-2;1-5(2)3-4-5;1-4-3-5(4)2;1-5-3-2-4-5;1-2-5-3-4-5;1-5(2,3)4;2*1-4-5(2)3;1-3-5-4-2;1-4-2-3-4;1-4(2)3;1-3-4-2;1-3-2;2*1-2/h8H,4-7H2,1-3H3;7H,4-6H2,1-3H3;3-6H2,1-2H3;3-4H2,1-2H3;4-5H,3H2,1-2H3;2*5H,2-4H2,1H3;1-4H3;2*5H,4H2,1-3H3;3-5H2,1-2H3;4H,2-3H2,1H3;4H,1-3H3;3-4H2,1-2H3;3H2,1-2H3;2*1-2H3/t8-;;;;4-,5?;;;;;;;;;;;;/m1...1............/s1. The average Bonchev–Trinajstić information content (AvgIpc) is 4.20. The zero-order valence-corrected chi connectivity index (χ0v) is 66.0. The Morgan fingerprint density at radius 2 is 0.625 bits per heavy atom. The molecule has 5 rings (SSSR count). The van der Waals surface area contributed by atoms with Gasteiger partial charge in [-0.1, -0.05) is 436 Å². The van der Waals surface area contributed by atoms with Gasteiger partial charge in [0, 0.05) is 0 Å². The molecule has 5 saturated carbocycles. The molecule has 0 heteroatoms. The van der Waals surface area contributed by atoms with Crippen molar-refractivity contribution < 1.29 is 0 Å². The molecule has 0 bridgehead atoms. The molecule has 5 fully saturated rings. The summed E-state index contributed by atoms with van der Waals surface area (Å²) < 4.78 is 0. The van der Waals surface area contributed by atoms with E-state index in [1.54, 1.807) is 0 Å². The number of unbranched alkanes of at least 4 members (excludes halogenated alkanes) is 8. The van der Waals surface area contributed by atoms with E-state index < -0.39 is 0 Å². The summed E-state index contributed by atoms with van der Waals surface area (Å²) in [4.78, 5) is 0.